The van der Waals surface area contributed by atoms with Gasteiger partial charge in [-0.05, 0) is 11.4 Å². The minimum absolute atomic E-state index is 0.204. The second kappa shape index (κ2) is 6.53. The first-order chi connectivity index (χ1) is 11.2. The zero-order chi connectivity index (χ0) is 16.2. The number of amides is 1. The molecule has 0 spiro atoms. The standard InChI is InChI=1S/C16H14N2O4S/c1-20-11-6-10(7-12(8-11)21-2)17-16(19)13-9-14(22-18-13)15-4-3-5-23-15/h3-9H,1-2H3,(H,17,19). The highest BCUT2D eigenvalue weighted by molar-refractivity contribution is 7.13. The van der Waals surface area contributed by atoms with E-state index in [2.05, 4.69) is 10.5 Å². The number of hydrogen-bond donors (Lipinski definition) is 1. The molecule has 0 atom stereocenters. The number of carbonyl (C=O) groups excluding carboxylic acids is 1. The summed E-state index contributed by atoms with van der Waals surface area (Å²) in [5.41, 5.74) is 0.752. The molecule has 7 heteroatoms. The zero-order valence-corrected chi connectivity index (χ0v) is 13.3. The van der Waals surface area contributed by atoms with Crippen molar-refractivity contribution < 1.29 is 18.8 Å². The third-order valence-electron chi connectivity index (χ3n) is 3.12. The fourth-order valence-corrected chi connectivity index (χ4v) is 2.67. The van der Waals surface area contributed by atoms with Crippen molar-refractivity contribution in [2.24, 2.45) is 0 Å². The average molecular weight is 330 g/mol. The molecule has 0 aliphatic carbocycles. The molecule has 3 rings (SSSR count). The largest absolute Gasteiger partial charge is 0.497 e. The van der Waals surface area contributed by atoms with E-state index in [0.29, 0.717) is 22.9 Å². The lowest BCUT2D eigenvalue weighted by Crippen LogP contribution is -2.12. The summed E-state index contributed by atoms with van der Waals surface area (Å²) >= 11 is 1.52. The van der Waals surface area contributed by atoms with Crippen molar-refractivity contribution in [2.75, 3.05) is 19.5 Å². The molecule has 6 nitrogen and oxygen atoms in total. The molecule has 1 aromatic carbocycles. The number of nitrogens with zero attached hydrogens (tertiary/aromatic N) is 1. The lowest BCUT2D eigenvalue weighted by molar-refractivity contribution is 0.101. The summed E-state index contributed by atoms with van der Waals surface area (Å²) in [7, 11) is 3.09. The van der Waals surface area contributed by atoms with Gasteiger partial charge in [0.25, 0.3) is 5.91 Å². The molecule has 118 valence electrons. The smallest absolute Gasteiger partial charge is 0.277 e. The predicted octanol–water partition coefficient (Wildman–Crippen LogP) is 3.67. The molecule has 0 aliphatic rings. The minimum Gasteiger partial charge on any atom is -0.497 e. The van der Waals surface area contributed by atoms with Gasteiger partial charge >= 0.3 is 0 Å². The number of aromatic nitrogens is 1. The van der Waals surface area contributed by atoms with E-state index in [4.69, 9.17) is 14.0 Å². The molecule has 0 saturated heterocycles. The highest BCUT2D eigenvalue weighted by atomic mass is 32.1. The minimum atomic E-state index is -0.369. The molecule has 0 radical (unpaired) electrons. The van der Waals surface area contributed by atoms with Crippen LogP contribution < -0.4 is 14.8 Å². The summed E-state index contributed by atoms with van der Waals surface area (Å²) in [6, 6.07) is 10.5. The van der Waals surface area contributed by atoms with E-state index in [1.807, 2.05) is 17.5 Å². The van der Waals surface area contributed by atoms with Crippen LogP contribution in [-0.4, -0.2) is 25.3 Å². The number of carbonyl (C=O) groups is 1. The molecule has 0 fully saturated rings. The van der Waals surface area contributed by atoms with E-state index >= 15 is 0 Å². The molecule has 2 heterocycles. The second-order valence-corrected chi connectivity index (χ2v) is 5.56. The average Bonchev–Trinajstić information content (AvgIpc) is 3.25. The first kappa shape index (κ1) is 15.1. The van der Waals surface area contributed by atoms with Crippen LogP contribution in [0.2, 0.25) is 0 Å². The Bertz CT molecular complexity index is 789. The first-order valence-electron chi connectivity index (χ1n) is 6.74. The highest BCUT2D eigenvalue weighted by Gasteiger charge is 2.15. The van der Waals surface area contributed by atoms with E-state index < -0.39 is 0 Å². The third kappa shape index (κ3) is 3.35. The van der Waals surface area contributed by atoms with Gasteiger partial charge < -0.3 is 19.3 Å². The van der Waals surface area contributed by atoms with Gasteiger partial charge in [0.05, 0.1) is 19.1 Å². The first-order valence-corrected chi connectivity index (χ1v) is 7.62. The summed E-state index contributed by atoms with van der Waals surface area (Å²) in [6.45, 7) is 0. The Morgan fingerprint density at radius 1 is 1.17 bits per heavy atom. The van der Waals surface area contributed by atoms with Crippen molar-refractivity contribution in [3.63, 3.8) is 0 Å². The van der Waals surface area contributed by atoms with Crippen LogP contribution in [0.15, 0.2) is 46.3 Å². The Morgan fingerprint density at radius 2 is 1.91 bits per heavy atom. The molecule has 0 aliphatic heterocycles. The Balaban J connectivity index is 1.79. The molecule has 0 bridgehead atoms. The number of hydrogen-bond acceptors (Lipinski definition) is 6. The quantitative estimate of drug-likeness (QED) is 0.772. The van der Waals surface area contributed by atoms with Crippen molar-refractivity contribution in [1.82, 2.24) is 5.16 Å². The normalized spacial score (nSPS) is 10.3. The van der Waals surface area contributed by atoms with Crippen molar-refractivity contribution in [2.45, 2.75) is 0 Å². The SMILES string of the molecule is COc1cc(NC(=O)c2cc(-c3cccs3)on2)cc(OC)c1. The predicted molar refractivity (Wildman–Crippen MR) is 87.3 cm³/mol. The number of ether oxygens (including phenoxy) is 2. The third-order valence-corrected chi connectivity index (χ3v) is 4.00. The summed E-state index contributed by atoms with van der Waals surface area (Å²) in [4.78, 5) is 13.2. The van der Waals surface area contributed by atoms with Crippen LogP contribution in [0, 0.1) is 0 Å². The molecule has 1 amide bonds. The lowest BCUT2D eigenvalue weighted by Gasteiger charge is -2.08. The van der Waals surface area contributed by atoms with Crippen LogP contribution >= 0.6 is 11.3 Å². The van der Waals surface area contributed by atoms with Gasteiger partial charge in [0, 0.05) is 30.0 Å². The molecule has 1 N–H and O–H groups in total. The van der Waals surface area contributed by atoms with E-state index in [1.54, 1.807) is 38.5 Å². The summed E-state index contributed by atoms with van der Waals surface area (Å²) < 4.78 is 15.6. The van der Waals surface area contributed by atoms with Crippen LogP contribution in [0.25, 0.3) is 10.6 Å². The number of rotatable bonds is 5. The number of benzene rings is 1. The van der Waals surface area contributed by atoms with Gasteiger partial charge in [-0.1, -0.05) is 11.2 Å². The van der Waals surface area contributed by atoms with Gasteiger partial charge in [-0.15, -0.1) is 11.3 Å². The maximum atomic E-state index is 12.3. The molecule has 0 unspecified atom stereocenters. The van der Waals surface area contributed by atoms with Gasteiger partial charge in [0.2, 0.25) is 0 Å². The van der Waals surface area contributed by atoms with Crippen molar-refractivity contribution in [3.8, 4) is 22.1 Å². The van der Waals surface area contributed by atoms with Crippen molar-refractivity contribution in [1.29, 1.82) is 0 Å². The summed E-state index contributed by atoms with van der Waals surface area (Å²) in [5.74, 6) is 1.36. The number of nitrogens with one attached hydrogen (secondary N) is 1. The van der Waals surface area contributed by atoms with E-state index in [9.17, 15) is 4.79 Å². The molecule has 23 heavy (non-hydrogen) atoms. The molecular formula is C16H14N2O4S. The Labute approximate surface area is 136 Å². The van der Waals surface area contributed by atoms with Gasteiger partial charge in [0.1, 0.15) is 11.5 Å². The van der Waals surface area contributed by atoms with E-state index in [0.717, 1.165) is 4.88 Å². The van der Waals surface area contributed by atoms with Gasteiger partial charge in [-0.3, -0.25) is 4.79 Å². The second-order valence-electron chi connectivity index (χ2n) is 4.61. The summed E-state index contributed by atoms with van der Waals surface area (Å²) in [6.07, 6.45) is 0. The number of thiophene rings is 1. The summed E-state index contributed by atoms with van der Waals surface area (Å²) in [5, 5.41) is 8.49. The van der Waals surface area contributed by atoms with Crippen LogP contribution in [0.1, 0.15) is 10.5 Å². The lowest BCUT2D eigenvalue weighted by atomic mass is 10.2. The number of methoxy groups -OCH3 is 2. The highest BCUT2D eigenvalue weighted by Crippen LogP contribution is 2.27. The fourth-order valence-electron chi connectivity index (χ4n) is 1.99. The fraction of sp³-hybridized carbons (Fsp3) is 0.125. The van der Waals surface area contributed by atoms with Crippen molar-refractivity contribution in [3.05, 3.63) is 47.5 Å². The van der Waals surface area contributed by atoms with Gasteiger partial charge in [-0.2, -0.15) is 0 Å². The molecule has 2 aromatic heterocycles. The van der Waals surface area contributed by atoms with E-state index in [-0.39, 0.29) is 11.6 Å². The van der Waals surface area contributed by atoms with Crippen LogP contribution in [-0.2, 0) is 0 Å². The van der Waals surface area contributed by atoms with E-state index in [1.165, 1.54) is 11.3 Å². The topological polar surface area (TPSA) is 73.6 Å². The van der Waals surface area contributed by atoms with Gasteiger partial charge in [0.15, 0.2) is 11.5 Å². The monoisotopic (exact) mass is 330 g/mol. The van der Waals surface area contributed by atoms with Crippen LogP contribution in [0.5, 0.6) is 11.5 Å². The Kier molecular flexibility index (Phi) is 4.29. The zero-order valence-electron chi connectivity index (χ0n) is 12.5. The molecular weight excluding hydrogens is 316 g/mol. The Hall–Kier alpha value is -2.80. The number of anilines is 1. The Morgan fingerprint density at radius 3 is 2.52 bits per heavy atom. The maximum Gasteiger partial charge on any atom is 0.277 e. The van der Waals surface area contributed by atoms with Crippen LogP contribution in [0.3, 0.4) is 0 Å². The van der Waals surface area contributed by atoms with Crippen LogP contribution in [0.4, 0.5) is 5.69 Å². The van der Waals surface area contributed by atoms with Crippen molar-refractivity contribution >= 4 is 22.9 Å². The maximum absolute atomic E-state index is 12.3. The molecule has 3 aromatic rings. The van der Waals surface area contributed by atoms with Gasteiger partial charge in [-0.25, -0.2) is 0 Å². The molecule has 0 saturated carbocycles.